The van der Waals surface area contributed by atoms with Crippen LogP contribution in [-0.2, 0) is 10.9 Å². The van der Waals surface area contributed by atoms with Crippen molar-refractivity contribution in [2.75, 3.05) is 6.61 Å². The Morgan fingerprint density at radius 1 is 1.09 bits per heavy atom. The molecular weight excluding hydrogens is 425 g/mol. The first-order chi connectivity index (χ1) is 15.4. The molecule has 0 spiro atoms. The molecule has 2 aromatic heterocycles. The van der Waals surface area contributed by atoms with E-state index in [9.17, 15) is 18.0 Å². The summed E-state index contributed by atoms with van der Waals surface area (Å²) in [4.78, 5) is 22.8. The molecule has 2 aromatic carbocycles. The van der Waals surface area contributed by atoms with Gasteiger partial charge in [-0.1, -0.05) is 59.8 Å². The molecule has 1 unspecified atom stereocenters. The van der Waals surface area contributed by atoms with Crippen LogP contribution in [0.25, 0.3) is 11.4 Å². The van der Waals surface area contributed by atoms with Gasteiger partial charge in [-0.3, -0.25) is 0 Å². The zero-order chi connectivity index (χ0) is 22.7. The van der Waals surface area contributed by atoms with Gasteiger partial charge in [0.05, 0.1) is 18.7 Å². The summed E-state index contributed by atoms with van der Waals surface area (Å²) in [6.07, 6.45) is -3.30. The van der Waals surface area contributed by atoms with Crippen LogP contribution in [0.3, 0.4) is 0 Å². The molecule has 0 saturated heterocycles. The van der Waals surface area contributed by atoms with Crippen LogP contribution in [-0.4, -0.2) is 32.7 Å². The molecule has 1 atom stereocenters. The van der Waals surface area contributed by atoms with Crippen LogP contribution < -0.4 is 0 Å². The van der Waals surface area contributed by atoms with Gasteiger partial charge < -0.3 is 14.2 Å². The summed E-state index contributed by atoms with van der Waals surface area (Å²) in [5.74, 6) is -1.91. The van der Waals surface area contributed by atoms with E-state index in [4.69, 9.17) is 4.74 Å². The monoisotopic (exact) mass is 442 g/mol. The van der Waals surface area contributed by atoms with Crippen molar-refractivity contribution in [2.24, 2.45) is 0 Å². The van der Waals surface area contributed by atoms with Gasteiger partial charge in [0.1, 0.15) is 11.5 Å². The largest absolute Gasteiger partial charge is 0.471 e. The molecule has 0 aliphatic rings. The van der Waals surface area contributed by atoms with Crippen LogP contribution in [0, 0.1) is 0 Å². The first kappa shape index (κ1) is 21.3. The zero-order valence-electron chi connectivity index (χ0n) is 16.8. The average molecular weight is 442 g/mol. The first-order valence-corrected chi connectivity index (χ1v) is 9.65. The highest BCUT2D eigenvalue weighted by molar-refractivity contribution is 5.87. The highest BCUT2D eigenvalue weighted by Gasteiger charge is 2.38. The number of rotatable bonds is 6. The van der Waals surface area contributed by atoms with Crippen LogP contribution in [0.15, 0.2) is 65.3 Å². The van der Waals surface area contributed by atoms with Crippen molar-refractivity contribution in [3.63, 3.8) is 0 Å². The van der Waals surface area contributed by atoms with Crippen LogP contribution in [0.5, 0.6) is 0 Å². The second-order valence-corrected chi connectivity index (χ2v) is 6.79. The Morgan fingerprint density at radius 2 is 1.78 bits per heavy atom. The molecule has 164 valence electrons. The third kappa shape index (κ3) is 4.39. The van der Waals surface area contributed by atoms with Gasteiger partial charge in [-0.15, -0.1) is 0 Å². The summed E-state index contributed by atoms with van der Waals surface area (Å²) in [6, 6.07) is 16.2. The lowest BCUT2D eigenvalue weighted by Gasteiger charge is -2.16. The van der Waals surface area contributed by atoms with E-state index in [1.54, 1.807) is 31.2 Å². The predicted octanol–water partition coefficient (Wildman–Crippen LogP) is 4.84. The average Bonchev–Trinajstić information content (AvgIpc) is 3.46. The third-order valence-electron chi connectivity index (χ3n) is 4.67. The van der Waals surface area contributed by atoms with Crippen LogP contribution in [0.2, 0.25) is 0 Å². The minimum absolute atomic E-state index is 0.164. The number of carbonyl (C=O) groups is 1. The molecule has 4 aromatic rings. The Kier molecular flexibility index (Phi) is 5.76. The van der Waals surface area contributed by atoms with Crippen molar-refractivity contribution >= 4 is 5.97 Å². The molecule has 32 heavy (non-hydrogen) atoms. The van der Waals surface area contributed by atoms with Gasteiger partial charge in [0, 0.05) is 5.56 Å². The lowest BCUT2D eigenvalue weighted by atomic mass is 9.90. The Labute approximate surface area is 180 Å². The fourth-order valence-electron chi connectivity index (χ4n) is 3.23. The molecule has 0 radical (unpaired) electrons. The number of nitrogens with one attached hydrogen (secondary N) is 1. The number of imidazole rings is 1. The third-order valence-corrected chi connectivity index (χ3v) is 4.67. The van der Waals surface area contributed by atoms with Crippen LogP contribution in [0.4, 0.5) is 13.2 Å². The number of hydrogen-bond donors (Lipinski definition) is 1. The van der Waals surface area contributed by atoms with Gasteiger partial charge in [-0.05, 0) is 18.1 Å². The summed E-state index contributed by atoms with van der Waals surface area (Å²) in [7, 11) is 0. The fraction of sp³-hybridized carbons (Fsp3) is 0.182. The summed E-state index contributed by atoms with van der Waals surface area (Å²) in [5.41, 5.74) is 2.30. The Bertz CT molecular complexity index is 1200. The van der Waals surface area contributed by atoms with Gasteiger partial charge in [0.15, 0.2) is 0 Å². The molecule has 4 rings (SSSR count). The van der Waals surface area contributed by atoms with E-state index >= 15 is 0 Å². The van der Waals surface area contributed by atoms with Crippen molar-refractivity contribution < 1.29 is 27.2 Å². The number of alkyl halides is 3. The van der Waals surface area contributed by atoms with E-state index in [0.29, 0.717) is 11.4 Å². The number of aromatic nitrogens is 4. The maximum absolute atomic E-state index is 12.7. The minimum Gasteiger partial charge on any atom is -0.461 e. The van der Waals surface area contributed by atoms with Crippen molar-refractivity contribution in [1.29, 1.82) is 0 Å². The van der Waals surface area contributed by atoms with Crippen molar-refractivity contribution in [3.05, 3.63) is 89.3 Å². The number of aromatic amines is 1. The normalized spacial score (nSPS) is 12.5. The summed E-state index contributed by atoms with van der Waals surface area (Å²) < 4.78 is 47.5. The quantitative estimate of drug-likeness (QED) is 0.430. The van der Waals surface area contributed by atoms with Crippen LogP contribution >= 0.6 is 0 Å². The second-order valence-electron chi connectivity index (χ2n) is 6.79. The fourth-order valence-corrected chi connectivity index (χ4v) is 3.23. The molecule has 7 nitrogen and oxygen atoms in total. The number of benzene rings is 2. The number of nitrogens with zero attached hydrogens (tertiary/aromatic N) is 3. The molecule has 0 bridgehead atoms. The summed E-state index contributed by atoms with van der Waals surface area (Å²) in [6.45, 7) is 1.95. The van der Waals surface area contributed by atoms with E-state index in [1.165, 1.54) is 6.20 Å². The topological polar surface area (TPSA) is 93.9 Å². The van der Waals surface area contributed by atoms with E-state index in [0.717, 1.165) is 11.1 Å². The van der Waals surface area contributed by atoms with Crippen molar-refractivity contribution in [3.8, 4) is 11.4 Å². The van der Waals surface area contributed by atoms with E-state index in [-0.39, 0.29) is 24.0 Å². The molecule has 0 aliphatic carbocycles. The lowest BCUT2D eigenvalue weighted by Crippen LogP contribution is -2.08. The van der Waals surface area contributed by atoms with Crippen molar-refractivity contribution in [1.82, 2.24) is 20.1 Å². The molecular formula is C22H17F3N4O3. The molecule has 0 saturated carbocycles. The number of ether oxygens (including phenoxy) is 1. The molecule has 10 heteroatoms. The van der Waals surface area contributed by atoms with Gasteiger partial charge in [-0.2, -0.15) is 18.2 Å². The summed E-state index contributed by atoms with van der Waals surface area (Å²) >= 11 is 0. The number of hydrogen-bond acceptors (Lipinski definition) is 6. The lowest BCUT2D eigenvalue weighted by molar-refractivity contribution is -0.159. The maximum atomic E-state index is 12.7. The van der Waals surface area contributed by atoms with Crippen LogP contribution in [0.1, 0.15) is 46.2 Å². The first-order valence-electron chi connectivity index (χ1n) is 9.65. The SMILES string of the molecule is CCOC(=O)c1cnc(C(c2ccccc2)c2ccc(-c3noc(C(F)(F)F)n3)cc2)[nH]1. The van der Waals surface area contributed by atoms with Gasteiger partial charge in [0.2, 0.25) is 5.82 Å². The number of halogens is 3. The molecule has 1 N–H and O–H groups in total. The smallest absolute Gasteiger partial charge is 0.461 e. The summed E-state index contributed by atoms with van der Waals surface area (Å²) in [5, 5.41) is 3.41. The standard InChI is InChI=1S/C22H17F3N4O3/c1-2-31-20(30)16-12-26-19(27-16)17(13-6-4-3-5-7-13)14-8-10-15(11-9-14)18-28-21(32-29-18)22(23,24)25/h3-12,17H,2H2,1H3,(H,26,27). The highest BCUT2D eigenvalue weighted by atomic mass is 19.4. The molecule has 0 aliphatic heterocycles. The highest BCUT2D eigenvalue weighted by Crippen LogP contribution is 2.33. The number of esters is 1. The Hall–Kier alpha value is -3.95. The number of carbonyl (C=O) groups excluding carboxylic acids is 1. The minimum atomic E-state index is -4.71. The molecule has 2 heterocycles. The molecule has 0 fully saturated rings. The van der Waals surface area contributed by atoms with Crippen molar-refractivity contribution in [2.45, 2.75) is 19.0 Å². The van der Waals surface area contributed by atoms with E-state index in [1.807, 2.05) is 30.3 Å². The van der Waals surface area contributed by atoms with Gasteiger partial charge in [-0.25, -0.2) is 9.78 Å². The van der Waals surface area contributed by atoms with Gasteiger partial charge >= 0.3 is 18.0 Å². The Balaban J connectivity index is 1.68. The maximum Gasteiger partial charge on any atom is 0.471 e. The number of H-pyrrole nitrogens is 1. The van der Waals surface area contributed by atoms with E-state index < -0.39 is 18.0 Å². The zero-order valence-corrected chi connectivity index (χ0v) is 16.8. The van der Waals surface area contributed by atoms with E-state index in [2.05, 4.69) is 24.6 Å². The van der Waals surface area contributed by atoms with Gasteiger partial charge in [0.25, 0.3) is 0 Å². The molecule has 0 amide bonds. The Morgan fingerprint density at radius 3 is 2.41 bits per heavy atom. The predicted molar refractivity (Wildman–Crippen MR) is 107 cm³/mol. The second kappa shape index (κ2) is 8.66.